The monoisotopic (exact) mass is 398 g/mol. The summed E-state index contributed by atoms with van der Waals surface area (Å²) in [5.41, 5.74) is 1.65. The van der Waals surface area contributed by atoms with Crippen LogP contribution in [0.5, 0.6) is 23.0 Å². The standard InChI is InChI=1S/C22H26N2O5/c1-26-18-7-6-16(12-20(18)27-2)22(25)23-13-17(24-9-3-4-10-24)15-5-8-19-21(11-15)29-14-28-19/h5-8,11-12,17H,3-4,9-10,13-14H2,1-2H3,(H,23,25)/t17-/m1/s1. The van der Waals surface area contributed by atoms with Crippen molar-refractivity contribution in [1.82, 2.24) is 10.2 Å². The van der Waals surface area contributed by atoms with Crippen LogP contribution >= 0.6 is 0 Å². The van der Waals surface area contributed by atoms with Crippen molar-refractivity contribution in [1.29, 1.82) is 0 Å². The Hall–Kier alpha value is -2.93. The third-order valence-electron chi connectivity index (χ3n) is 5.46. The number of benzene rings is 2. The van der Waals surface area contributed by atoms with Crippen LogP contribution in [-0.4, -0.2) is 51.5 Å². The van der Waals surface area contributed by atoms with E-state index in [1.54, 1.807) is 32.4 Å². The molecule has 2 aliphatic rings. The van der Waals surface area contributed by atoms with Crippen LogP contribution in [0.25, 0.3) is 0 Å². The van der Waals surface area contributed by atoms with E-state index in [1.807, 2.05) is 12.1 Å². The maximum Gasteiger partial charge on any atom is 0.251 e. The molecule has 1 fully saturated rings. The number of methoxy groups -OCH3 is 2. The van der Waals surface area contributed by atoms with Gasteiger partial charge in [-0.2, -0.15) is 0 Å². The zero-order valence-corrected chi connectivity index (χ0v) is 16.8. The van der Waals surface area contributed by atoms with Crippen LogP contribution in [0, 0.1) is 0 Å². The van der Waals surface area contributed by atoms with E-state index in [4.69, 9.17) is 18.9 Å². The van der Waals surface area contributed by atoms with Crippen molar-refractivity contribution in [3.63, 3.8) is 0 Å². The molecule has 7 heteroatoms. The first-order valence-electron chi connectivity index (χ1n) is 9.83. The van der Waals surface area contributed by atoms with Crippen molar-refractivity contribution in [3.8, 4) is 23.0 Å². The third-order valence-corrected chi connectivity index (χ3v) is 5.46. The van der Waals surface area contributed by atoms with Crippen LogP contribution < -0.4 is 24.3 Å². The van der Waals surface area contributed by atoms with Crippen LogP contribution in [-0.2, 0) is 0 Å². The molecule has 0 unspecified atom stereocenters. The van der Waals surface area contributed by atoms with E-state index in [0.29, 0.717) is 23.6 Å². The fraction of sp³-hybridized carbons (Fsp3) is 0.409. The molecule has 7 nitrogen and oxygen atoms in total. The number of hydrogen-bond acceptors (Lipinski definition) is 6. The molecular weight excluding hydrogens is 372 g/mol. The zero-order valence-electron chi connectivity index (χ0n) is 16.8. The quantitative estimate of drug-likeness (QED) is 0.773. The number of nitrogens with zero attached hydrogens (tertiary/aromatic N) is 1. The van der Waals surface area contributed by atoms with Gasteiger partial charge in [-0.15, -0.1) is 0 Å². The van der Waals surface area contributed by atoms with E-state index in [2.05, 4.69) is 16.3 Å². The Kier molecular flexibility index (Phi) is 5.76. The van der Waals surface area contributed by atoms with Gasteiger partial charge in [0.25, 0.3) is 5.91 Å². The largest absolute Gasteiger partial charge is 0.493 e. The fourth-order valence-electron chi connectivity index (χ4n) is 3.90. The number of likely N-dealkylation sites (tertiary alicyclic amines) is 1. The second kappa shape index (κ2) is 8.61. The van der Waals surface area contributed by atoms with Crippen molar-refractivity contribution in [2.75, 3.05) is 40.6 Å². The Labute approximate surface area is 170 Å². The molecule has 0 aromatic heterocycles. The SMILES string of the molecule is COc1ccc(C(=O)NC[C@H](c2ccc3c(c2)OCO3)N2CCCC2)cc1OC. The molecule has 1 N–H and O–H groups in total. The molecule has 2 aromatic carbocycles. The van der Waals surface area contributed by atoms with E-state index in [0.717, 1.165) is 30.2 Å². The van der Waals surface area contributed by atoms with Gasteiger partial charge in [0.1, 0.15) is 0 Å². The van der Waals surface area contributed by atoms with Gasteiger partial charge in [0, 0.05) is 12.1 Å². The highest BCUT2D eigenvalue weighted by atomic mass is 16.7. The minimum Gasteiger partial charge on any atom is -0.493 e. The summed E-state index contributed by atoms with van der Waals surface area (Å²) in [4.78, 5) is 15.2. The van der Waals surface area contributed by atoms with Gasteiger partial charge >= 0.3 is 0 Å². The van der Waals surface area contributed by atoms with E-state index in [-0.39, 0.29) is 18.7 Å². The number of carbonyl (C=O) groups is 1. The number of nitrogens with one attached hydrogen (secondary N) is 1. The molecule has 2 heterocycles. The maximum atomic E-state index is 12.8. The Morgan fingerprint density at radius 1 is 1.03 bits per heavy atom. The molecular formula is C22H26N2O5. The zero-order chi connectivity index (χ0) is 20.2. The summed E-state index contributed by atoms with van der Waals surface area (Å²) in [6, 6.07) is 11.3. The van der Waals surface area contributed by atoms with Crippen molar-refractivity contribution >= 4 is 5.91 Å². The molecule has 0 aliphatic carbocycles. The number of hydrogen-bond donors (Lipinski definition) is 1. The van der Waals surface area contributed by atoms with Gasteiger partial charge in [-0.3, -0.25) is 9.69 Å². The lowest BCUT2D eigenvalue weighted by molar-refractivity contribution is 0.0937. The highest BCUT2D eigenvalue weighted by Crippen LogP contribution is 2.36. The molecule has 0 spiro atoms. The Morgan fingerprint density at radius 3 is 2.55 bits per heavy atom. The first-order chi connectivity index (χ1) is 14.2. The molecule has 154 valence electrons. The van der Waals surface area contributed by atoms with E-state index < -0.39 is 0 Å². The summed E-state index contributed by atoms with van der Waals surface area (Å²) in [6.45, 7) is 2.80. The van der Waals surface area contributed by atoms with Gasteiger partial charge in [0.2, 0.25) is 6.79 Å². The van der Waals surface area contributed by atoms with Crippen molar-refractivity contribution in [2.24, 2.45) is 0 Å². The number of ether oxygens (including phenoxy) is 4. The van der Waals surface area contributed by atoms with Crippen molar-refractivity contribution in [2.45, 2.75) is 18.9 Å². The summed E-state index contributed by atoms with van der Waals surface area (Å²) >= 11 is 0. The first-order valence-corrected chi connectivity index (χ1v) is 9.83. The predicted molar refractivity (Wildman–Crippen MR) is 108 cm³/mol. The van der Waals surface area contributed by atoms with Crippen LogP contribution in [0.15, 0.2) is 36.4 Å². The molecule has 0 bridgehead atoms. The maximum absolute atomic E-state index is 12.8. The molecule has 4 rings (SSSR count). The van der Waals surface area contributed by atoms with Crippen molar-refractivity contribution in [3.05, 3.63) is 47.5 Å². The molecule has 1 saturated heterocycles. The van der Waals surface area contributed by atoms with Gasteiger partial charge in [-0.25, -0.2) is 0 Å². The fourth-order valence-corrected chi connectivity index (χ4v) is 3.90. The summed E-state index contributed by atoms with van der Waals surface area (Å²) in [7, 11) is 3.13. The minimum atomic E-state index is -0.143. The number of rotatable bonds is 7. The molecule has 1 amide bonds. The second-order valence-corrected chi connectivity index (χ2v) is 7.15. The lowest BCUT2D eigenvalue weighted by Gasteiger charge is -2.28. The van der Waals surface area contributed by atoms with Crippen molar-refractivity contribution < 1.29 is 23.7 Å². The van der Waals surface area contributed by atoms with Crippen LogP contribution in [0.2, 0.25) is 0 Å². The number of fused-ring (bicyclic) bond motifs is 1. The smallest absolute Gasteiger partial charge is 0.251 e. The molecule has 29 heavy (non-hydrogen) atoms. The normalized spacial score (nSPS) is 16.5. The lowest BCUT2D eigenvalue weighted by atomic mass is 10.0. The van der Waals surface area contributed by atoms with Gasteiger partial charge in [-0.1, -0.05) is 6.07 Å². The van der Waals surface area contributed by atoms with Gasteiger partial charge in [0.05, 0.1) is 20.3 Å². The highest BCUT2D eigenvalue weighted by Gasteiger charge is 2.26. The van der Waals surface area contributed by atoms with Gasteiger partial charge < -0.3 is 24.3 Å². The van der Waals surface area contributed by atoms with Crippen LogP contribution in [0.4, 0.5) is 0 Å². The van der Waals surface area contributed by atoms with E-state index >= 15 is 0 Å². The minimum absolute atomic E-state index is 0.0797. The Balaban J connectivity index is 1.50. The summed E-state index contributed by atoms with van der Waals surface area (Å²) in [5, 5.41) is 3.08. The second-order valence-electron chi connectivity index (χ2n) is 7.15. The Bertz CT molecular complexity index is 880. The predicted octanol–water partition coefficient (Wildman–Crippen LogP) is 3.00. The highest BCUT2D eigenvalue weighted by molar-refractivity contribution is 5.94. The number of amides is 1. The average molecular weight is 398 g/mol. The Morgan fingerprint density at radius 2 is 1.79 bits per heavy atom. The van der Waals surface area contributed by atoms with E-state index in [9.17, 15) is 4.79 Å². The first kappa shape index (κ1) is 19.4. The summed E-state index contributed by atoms with van der Waals surface area (Å²) < 4.78 is 21.5. The van der Waals surface area contributed by atoms with Crippen LogP contribution in [0.1, 0.15) is 34.8 Å². The molecule has 2 aromatic rings. The lowest BCUT2D eigenvalue weighted by Crippen LogP contribution is -2.36. The van der Waals surface area contributed by atoms with Gasteiger partial charge in [0.15, 0.2) is 23.0 Å². The topological polar surface area (TPSA) is 69.3 Å². The summed E-state index contributed by atoms with van der Waals surface area (Å²) in [6.07, 6.45) is 2.34. The number of carbonyl (C=O) groups excluding carboxylic acids is 1. The van der Waals surface area contributed by atoms with E-state index in [1.165, 1.54) is 12.8 Å². The van der Waals surface area contributed by atoms with Crippen LogP contribution in [0.3, 0.4) is 0 Å². The average Bonchev–Trinajstić information content (AvgIpc) is 3.45. The third kappa shape index (κ3) is 4.10. The molecule has 0 saturated carbocycles. The van der Waals surface area contributed by atoms with Gasteiger partial charge in [-0.05, 0) is 61.8 Å². The molecule has 0 radical (unpaired) electrons. The molecule has 1 atom stereocenters. The summed E-state index contributed by atoms with van der Waals surface area (Å²) in [5.74, 6) is 2.52. The molecule has 2 aliphatic heterocycles.